The van der Waals surface area contributed by atoms with Crippen molar-refractivity contribution in [2.24, 2.45) is 0 Å². The summed E-state index contributed by atoms with van der Waals surface area (Å²) in [5.74, 6) is 0. The van der Waals surface area contributed by atoms with Crippen LogP contribution in [-0.2, 0) is 0 Å². The van der Waals surface area contributed by atoms with Gasteiger partial charge in [0.05, 0.1) is 39.1 Å². The van der Waals surface area contributed by atoms with E-state index >= 15 is 0 Å². The zero-order valence-electron chi connectivity index (χ0n) is 31.1. The fourth-order valence-corrected chi connectivity index (χ4v) is 10.2. The largest absolute Gasteiger partial charge is 0.309 e. The molecule has 4 heteroatoms. The zero-order chi connectivity index (χ0) is 37.5. The SMILES string of the molecule is C1=CCCC(c2cc(-n3c4ccccc4c4ccc5c(c6ccccc6n5-c5ccc(-c6ccc7sc8ccccc8c7c6)cc5)c43)cc(-c3ccccc3)n2)=C1. The van der Waals surface area contributed by atoms with Crippen molar-refractivity contribution in [3.8, 4) is 33.8 Å². The number of para-hydroxylation sites is 2. The van der Waals surface area contributed by atoms with Gasteiger partial charge in [0.2, 0.25) is 0 Å². The van der Waals surface area contributed by atoms with Crippen molar-refractivity contribution in [3.05, 3.63) is 194 Å². The average molecular weight is 746 g/mol. The molecule has 1 aliphatic rings. The highest BCUT2D eigenvalue weighted by atomic mass is 32.1. The summed E-state index contributed by atoms with van der Waals surface area (Å²) in [6.07, 6.45) is 8.64. The minimum atomic E-state index is 0.977. The minimum absolute atomic E-state index is 0.977. The minimum Gasteiger partial charge on any atom is -0.309 e. The molecular weight excluding hydrogens is 711 g/mol. The Hall–Kier alpha value is -7.01. The Morgan fingerprint density at radius 2 is 1.16 bits per heavy atom. The molecular formula is C53H35N3S. The summed E-state index contributed by atoms with van der Waals surface area (Å²) < 4.78 is 7.60. The van der Waals surface area contributed by atoms with Crippen LogP contribution in [0.4, 0.5) is 0 Å². The van der Waals surface area contributed by atoms with Gasteiger partial charge in [0.1, 0.15) is 0 Å². The van der Waals surface area contributed by atoms with Crippen LogP contribution in [0.3, 0.4) is 0 Å². The van der Waals surface area contributed by atoms with E-state index in [1.807, 2.05) is 11.3 Å². The summed E-state index contributed by atoms with van der Waals surface area (Å²) in [5, 5.41) is 7.62. The monoisotopic (exact) mass is 745 g/mol. The van der Waals surface area contributed by atoms with Gasteiger partial charge < -0.3 is 9.13 Å². The first-order valence-electron chi connectivity index (χ1n) is 19.7. The number of thiophene rings is 1. The van der Waals surface area contributed by atoms with Gasteiger partial charge in [0.15, 0.2) is 0 Å². The smallest absolute Gasteiger partial charge is 0.0730 e. The second-order valence-electron chi connectivity index (χ2n) is 15.0. The molecule has 4 aromatic heterocycles. The molecule has 3 nitrogen and oxygen atoms in total. The van der Waals surface area contributed by atoms with Crippen LogP contribution in [-0.4, -0.2) is 14.1 Å². The van der Waals surface area contributed by atoms with Crippen molar-refractivity contribution >= 4 is 80.7 Å². The quantitative estimate of drug-likeness (QED) is 0.172. The first kappa shape index (κ1) is 32.3. The molecule has 0 aliphatic heterocycles. The van der Waals surface area contributed by atoms with E-state index in [0.717, 1.165) is 41.2 Å². The van der Waals surface area contributed by atoms with Crippen molar-refractivity contribution < 1.29 is 0 Å². The molecule has 0 atom stereocenters. The fraction of sp³-hybridized carbons (Fsp3) is 0.0377. The maximum absolute atomic E-state index is 5.29. The lowest BCUT2D eigenvalue weighted by atomic mass is 10.00. The number of rotatable bonds is 5. The Morgan fingerprint density at radius 1 is 0.456 bits per heavy atom. The lowest BCUT2D eigenvalue weighted by Gasteiger charge is -2.16. The number of fused-ring (bicyclic) bond motifs is 10. The van der Waals surface area contributed by atoms with Crippen molar-refractivity contribution in [2.45, 2.75) is 12.8 Å². The number of nitrogens with zero attached hydrogens (tertiary/aromatic N) is 3. The molecule has 0 amide bonds. The summed E-state index contributed by atoms with van der Waals surface area (Å²) in [4.78, 5) is 5.29. The molecule has 0 saturated carbocycles. The van der Waals surface area contributed by atoms with Crippen LogP contribution in [0.25, 0.3) is 103 Å². The summed E-state index contributed by atoms with van der Waals surface area (Å²) >= 11 is 1.86. The molecule has 0 radical (unpaired) electrons. The third-order valence-corrected chi connectivity index (χ3v) is 12.9. The molecule has 12 rings (SSSR count). The Balaban J connectivity index is 1.09. The van der Waals surface area contributed by atoms with E-state index in [0.29, 0.717) is 0 Å². The van der Waals surface area contributed by atoms with Crippen molar-refractivity contribution in [1.82, 2.24) is 14.1 Å². The summed E-state index contributed by atoms with van der Waals surface area (Å²) in [7, 11) is 0. The highest BCUT2D eigenvalue weighted by Gasteiger charge is 2.22. The van der Waals surface area contributed by atoms with Gasteiger partial charge in [-0.2, -0.15) is 0 Å². The van der Waals surface area contributed by atoms with Crippen LogP contribution in [0, 0.1) is 0 Å². The topological polar surface area (TPSA) is 22.8 Å². The number of allylic oxidation sites excluding steroid dienone is 4. The van der Waals surface area contributed by atoms with E-state index in [2.05, 4.69) is 197 Å². The third-order valence-electron chi connectivity index (χ3n) is 11.8. The van der Waals surface area contributed by atoms with E-state index in [9.17, 15) is 0 Å². The lowest BCUT2D eigenvalue weighted by molar-refractivity contribution is 1.03. The molecule has 0 N–H and O–H groups in total. The van der Waals surface area contributed by atoms with Gasteiger partial charge in [-0.1, -0.05) is 127 Å². The molecule has 0 bridgehead atoms. The number of aromatic nitrogens is 3. The molecule has 0 unspecified atom stereocenters. The van der Waals surface area contributed by atoms with E-state index < -0.39 is 0 Å². The first-order chi connectivity index (χ1) is 28.3. The van der Waals surface area contributed by atoms with Gasteiger partial charge in [-0.05, 0) is 90.2 Å². The van der Waals surface area contributed by atoms with Crippen molar-refractivity contribution in [1.29, 1.82) is 0 Å². The highest BCUT2D eigenvalue weighted by Crippen LogP contribution is 2.43. The maximum Gasteiger partial charge on any atom is 0.0730 e. The van der Waals surface area contributed by atoms with Gasteiger partial charge in [-0.25, -0.2) is 4.98 Å². The number of pyridine rings is 1. The molecule has 0 saturated heterocycles. The fourth-order valence-electron chi connectivity index (χ4n) is 9.15. The van der Waals surface area contributed by atoms with Gasteiger partial charge in [0.25, 0.3) is 0 Å². The van der Waals surface area contributed by atoms with Crippen LogP contribution in [0.1, 0.15) is 18.5 Å². The number of hydrogen-bond acceptors (Lipinski definition) is 2. The van der Waals surface area contributed by atoms with Crippen LogP contribution in [0.15, 0.2) is 188 Å². The average Bonchev–Trinajstić information content (AvgIpc) is 3.94. The second-order valence-corrected chi connectivity index (χ2v) is 16.1. The molecule has 57 heavy (non-hydrogen) atoms. The first-order valence-corrected chi connectivity index (χ1v) is 20.5. The van der Waals surface area contributed by atoms with Crippen LogP contribution in [0.2, 0.25) is 0 Å². The molecule has 11 aromatic rings. The van der Waals surface area contributed by atoms with E-state index in [1.165, 1.54) is 80.5 Å². The lowest BCUT2D eigenvalue weighted by Crippen LogP contribution is -2.01. The number of benzene rings is 7. The van der Waals surface area contributed by atoms with Crippen molar-refractivity contribution in [3.63, 3.8) is 0 Å². The van der Waals surface area contributed by atoms with Crippen LogP contribution in [0.5, 0.6) is 0 Å². The summed E-state index contributed by atoms with van der Waals surface area (Å²) in [5.41, 5.74) is 13.9. The summed E-state index contributed by atoms with van der Waals surface area (Å²) in [6, 6.07) is 62.3. The van der Waals surface area contributed by atoms with E-state index in [-0.39, 0.29) is 0 Å². The zero-order valence-corrected chi connectivity index (χ0v) is 31.9. The maximum atomic E-state index is 5.29. The Bertz CT molecular complexity index is 3450. The molecule has 7 aromatic carbocycles. The summed E-state index contributed by atoms with van der Waals surface area (Å²) in [6.45, 7) is 0. The Kier molecular flexibility index (Phi) is 7.23. The van der Waals surface area contributed by atoms with Crippen molar-refractivity contribution in [2.75, 3.05) is 0 Å². The molecule has 1 aliphatic carbocycles. The Labute approximate surface area is 333 Å². The van der Waals surface area contributed by atoms with Gasteiger partial charge in [-0.15, -0.1) is 11.3 Å². The van der Waals surface area contributed by atoms with Gasteiger partial charge in [0, 0.05) is 53.0 Å². The highest BCUT2D eigenvalue weighted by molar-refractivity contribution is 7.25. The third kappa shape index (κ3) is 5.08. The molecule has 268 valence electrons. The normalized spacial score (nSPS) is 13.2. The predicted molar refractivity (Wildman–Crippen MR) is 243 cm³/mol. The molecule has 4 heterocycles. The standard InChI is InChI=1S/C53H35N3S/c1-3-13-35(14-4-1)45-32-39(33-46(54-45)36-15-5-2-6-16-36)56-47-20-10-7-17-40(47)42-28-29-49-52(53(42)56)43-19-8-11-21-48(43)55(49)38-26-23-34(24-27-38)37-25-30-51-44(31-37)41-18-9-12-22-50(41)57-51/h1-5,7-15,17-33H,6,16H2. The van der Waals surface area contributed by atoms with Gasteiger partial charge in [-0.3, -0.25) is 0 Å². The van der Waals surface area contributed by atoms with E-state index in [4.69, 9.17) is 4.98 Å². The van der Waals surface area contributed by atoms with Crippen LogP contribution >= 0.6 is 11.3 Å². The molecule has 0 fully saturated rings. The Morgan fingerprint density at radius 3 is 1.98 bits per heavy atom. The second kappa shape index (κ2) is 12.8. The van der Waals surface area contributed by atoms with Gasteiger partial charge >= 0.3 is 0 Å². The number of hydrogen-bond donors (Lipinski definition) is 0. The van der Waals surface area contributed by atoms with E-state index in [1.54, 1.807) is 0 Å². The predicted octanol–water partition coefficient (Wildman–Crippen LogP) is 14.7. The van der Waals surface area contributed by atoms with Crippen LogP contribution < -0.4 is 0 Å². The molecule has 0 spiro atoms.